The molecule has 0 unspecified atom stereocenters. The number of carbonyl (C=O) groups is 1. The van der Waals surface area contributed by atoms with Crippen molar-refractivity contribution in [1.29, 1.82) is 0 Å². The van der Waals surface area contributed by atoms with Gasteiger partial charge < -0.3 is 9.47 Å². The van der Waals surface area contributed by atoms with Crippen LogP contribution in [0.2, 0.25) is 0 Å². The lowest BCUT2D eigenvalue weighted by molar-refractivity contribution is 0.0505. The standard InChI is InChI=1S/C20H24O3/c1-4-11-23-20(21)18-9-6-17(7-10-18)13-22-14-19-8-5-15(2)12-16(19)3/h5-10,12H,4,11,13-14H2,1-3H3. The minimum atomic E-state index is -0.269. The lowest BCUT2D eigenvalue weighted by Gasteiger charge is -2.09. The van der Waals surface area contributed by atoms with Gasteiger partial charge in [-0.15, -0.1) is 0 Å². The highest BCUT2D eigenvalue weighted by Crippen LogP contribution is 2.13. The molecule has 0 aromatic heterocycles. The average Bonchev–Trinajstić information content (AvgIpc) is 2.55. The van der Waals surface area contributed by atoms with Gasteiger partial charge in [-0.3, -0.25) is 0 Å². The number of benzene rings is 2. The number of aryl methyl sites for hydroxylation is 2. The third-order valence-electron chi connectivity index (χ3n) is 3.65. The Morgan fingerprint density at radius 3 is 2.39 bits per heavy atom. The lowest BCUT2D eigenvalue weighted by Crippen LogP contribution is -2.06. The average molecular weight is 312 g/mol. The fourth-order valence-corrected chi connectivity index (χ4v) is 2.30. The third-order valence-corrected chi connectivity index (χ3v) is 3.65. The van der Waals surface area contributed by atoms with Crippen LogP contribution in [0.15, 0.2) is 42.5 Å². The number of esters is 1. The van der Waals surface area contributed by atoms with Crippen molar-refractivity contribution in [2.24, 2.45) is 0 Å². The highest BCUT2D eigenvalue weighted by molar-refractivity contribution is 5.89. The highest BCUT2D eigenvalue weighted by Gasteiger charge is 2.06. The maximum atomic E-state index is 11.7. The quantitative estimate of drug-likeness (QED) is 0.702. The zero-order valence-electron chi connectivity index (χ0n) is 14.1. The molecular formula is C20H24O3. The van der Waals surface area contributed by atoms with Crippen molar-refractivity contribution in [3.63, 3.8) is 0 Å². The Morgan fingerprint density at radius 2 is 1.74 bits per heavy atom. The van der Waals surface area contributed by atoms with Crippen LogP contribution >= 0.6 is 0 Å². The van der Waals surface area contributed by atoms with Crippen LogP contribution in [0.5, 0.6) is 0 Å². The molecule has 0 aliphatic heterocycles. The summed E-state index contributed by atoms with van der Waals surface area (Å²) in [6.45, 7) is 7.74. The van der Waals surface area contributed by atoms with Crippen molar-refractivity contribution in [2.45, 2.75) is 40.4 Å². The van der Waals surface area contributed by atoms with Crippen molar-refractivity contribution in [3.05, 3.63) is 70.3 Å². The molecule has 0 spiro atoms. The summed E-state index contributed by atoms with van der Waals surface area (Å²) < 4.78 is 10.9. The summed E-state index contributed by atoms with van der Waals surface area (Å²) in [4.78, 5) is 11.7. The number of carbonyl (C=O) groups excluding carboxylic acids is 1. The molecule has 0 fully saturated rings. The van der Waals surface area contributed by atoms with Crippen LogP contribution in [0.1, 0.15) is 46.0 Å². The molecule has 2 rings (SSSR count). The molecule has 3 heteroatoms. The van der Waals surface area contributed by atoms with Gasteiger partial charge in [0.2, 0.25) is 0 Å². The van der Waals surface area contributed by atoms with E-state index < -0.39 is 0 Å². The van der Waals surface area contributed by atoms with Crippen molar-refractivity contribution >= 4 is 5.97 Å². The summed E-state index contributed by atoms with van der Waals surface area (Å²) in [5, 5.41) is 0. The van der Waals surface area contributed by atoms with Gasteiger partial charge in [0.1, 0.15) is 0 Å². The van der Waals surface area contributed by atoms with Crippen LogP contribution in [-0.4, -0.2) is 12.6 Å². The smallest absolute Gasteiger partial charge is 0.338 e. The molecule has 3 nitrogen and oxygen atoms in total. The van der Waals surface area contributed by atoms with E-state index in [9.17, 15) is 4.79 Å². The van der Waals surface area contributed by atoms with E-state index in [1.54, 1.807) is 12.1 Å². The minimum Gasteiger partial charge on any atom is -0.462 e. The van der Waals surface area contributed by atoms with Crippen LogP contribution in [-0.2, 0) is 22.7 Å². The van der Waals surface area contributed by atoms with Crippen molar-refractivity contribution < 1.29 is 14.3 Å². The summed E-state index contributed by atoms with van der Waals surface area (Å²) in [5.41, 5.74) is 5.34. The molecule has 0 radical (unpaired) electrons. The monoisotopic (exact) mass is 312 g/mol. The molecule has 0 heterocycles. The van der Waals surface area contributed by atoms with Crippen LogP contribution in [0, 0.1) is 13.8 Å². The van der Waals surface area contributed by atoms with Gasteiger partial charge in [-0.2, -0.15) is 0 Å². The van der Waals surface area contributed by atoms with E-state index in [4.69, 9.17) is 9.47 Å². The Kier molecular flexibility index (Phi) is 6.36. The topological polar surface area (TPSA) is 35.5 Å². The first-order chi connectivity index (χ1) is 11.1. The van der Waals surface area contributed by atoms with Gasteiger partial charge in [-0.25, -0.2) is 4.79 Å². The molecule has 23 heavy (non-hydrogen) atoms. The van der Waals surface area contributed by atoms with Gasteiger partial charge in [0.05, 0.1) is 25.4 Å². The van der Waals surface area contributed by atoms with Crippen molar-refractivity contribution in [1.82, 2.24) is 0 Å². The molecule has 0 N–H and O–H groups in total. The zero-order valence-corrected chi connectivity index (χ0v) is 14.1. The Balaban J connectivity index is 1.85. The fourth-order valence-electron chi connectivity index (χ4n) is 2.30. The Morgan fingerprint density at radius 1 is 1.00 bits per heavy atom. The summed E-state index contributed by atoms with van der Waals surface area (Å²) in [7, 11) is 0. The number of ether oxygens (including phenoxy) is 2. The SMILES string of the molecule is CCCOC(=O)c1ccc(COCc2ccc(C)cc2C)cc1. The van der Waals surface area contributed by atoms with E-state index in [1.807, 2.05) is 19.1 Å². The molecule has 0 atom stereocenters. The molecule has 0 bridgehead atoms. The summed E-state index contributed by atoms with van der Waals surface area (Å²) in [6, 6.07) is 13.8. The normalized spacial score (nSPS) is 10.6. The van der Waals surface area contributed by atoms with Crippen LogP contribution in [0.4, 0.5) is 0 Å². The molecule has 0 aliphatic rings. The molecule has 0 saturated heterocycles. The van der Waals surface area contributed by atoms with E-state index in [0.29, 0.717) is 25.4 Å². The summed E-state index contributed by atoms with van der Waals surface area (Å²) in [6.07, 6.45) is 0.829. The summed E-state index contributed by atoms with van der Waals surface area (Å²) in [5.74, 6) is -0.269. The maximum absolute atomic E-state index is 11.7. The van der Waals surface area contributed by atoms with Crippen molar-refractivity contribution in [3.8, 4) is 0 Å². The van der Waals surface area contributed by atoms with Gasteiger partial charge in [-0.05, 0) is 49.1 Å². The number of hydrogen-bond donors (Lipinski definition) is 0. The second kappa shape index (κ2) is 8.49. The minimum absolute atomic E-state index is 0.269. The third kappa shape index (κ3) is 5.22. The Labute approximate surface area is 138 Å². The van der Waals surface area contributed by atoms with E-state index in [0.717, 1.165) is 12.0 Å². The van der Waals surface area contributed by atoms with Gasteiger partial charge in [-0.1, -0.05) is 42.8 Å². The van der Waals surface area contributed by atoms with E-state index in [1.165, 1.54) is 16.7 Å². The fraction of sp³-hybridized carbons (Fsp3) is 0.350. The van der Waals surface area contributed by atoms with E-state index >= 15 is 0 Å². The molecule has 2 aromatic carbocycles. The van der Waals surface area contributed by atoms with Crippen molar-refractivity contribution in [2.75, 3.05) is 6.61 Å². The first kappa shape index (κ1) is 17.2. The Bertz CT molecular complexity index is 644. The molecule has 0 saturated carbocycles. The predicted molar refractivity (Wildman–Crippen MR) is 91.4 cm³/mol. The number of hydrogen-bond acceptors (Lipinski definition) is 3. The molecule has 122 valence electrons. The second-order valence-corrected chi connectivity index (χ2v) is 5.76. The number of rotatable bonds is 7. The van der Waals surface area contributed by atoms with Crippen LogP contribution in [0.25, 0.3) is 0 Å². The molecule has 0 aliphatic carbocycles. The Hall–Kier alpha value is -2.13. The van der Waals surface area contributed by atoms with Gasteiger partial charge >= 0.3 is 5.97 Å². The molecule has 2 aromatic rings. The van der Waals surface area contributed by atoms with Gasteiger partial charge in [0.25, 0.3) is 0 Å². The summed E-state index contributed by atoms with van der Waals surface area (Å²) >= 11 is 0. The van der Waals surface area contributed by atoms with E-state index in [2.05, 4.69) is 32.0 Å². The zero-order chi connectivity index (χ0) is 16.7. The van der Waals surface area contributed by atoms with E-state index in [-0.39, 0.29) is 5.97 Å². The maximum Gasteiger partial charge on any atom is 0.338 e. The molecular weight excluding hydrogens is 288 g/mol. The van der Waals surface area contributed by atoms with Gasteiger partial charge in [0, 0.05) is 0 Å². The first-order valence-electron chi connectivity index (χ1n) is 8.00. The largest absolute Gasteiger partial charge is 0.462 e. The predicted octanol–water partition coefficient (Wildman–Crippen LogP) is 4.59. The van der Waals surface area contributed by atoms with Crippen LogP contribution < -0.4 is 0 Å². The molecule has 0 amide bonds. The van der Waals surface area contributed by atoms with Gasteiger partial charge in [0.15, 0.2) is 0 Å². The highest BCUT2D eigenvalue weighted by atomic mass is 16.5. The lowest BCUT2D eigenvalue weighted by atomic mass is 10.1. The van der Waals surface area contributed by atoms with Crippen LogP contribution in [0.3, 0.4) is 0 Å². The second-order valence-electron chi connectivity index (χ2n) is 5.76. The first-order valence-corrected chi connectivity index (χ1v) is 8.00.